The van der Waals surface area contributed by atoms with E-state index >= 15 is 0 Å². The summed E-state index contributed by atoms with van der Waals surface area (Å²) in [4.78, 5) is 17.4. The molecular weight excluding hydrogens is 518 g/mol. The standard InChI is InChI=1S/C27H35N7O4S/c1-16-7-8-17(11-23(16)34(30)15-20(28)18-9-10-24(29)31-14-18)26(35)32-21-12-19(27(2,3)4)13-22(25(21)38-5)33-39(6,36)37/h7-15,33H,28,30H2,1-6H3,(H2,29,31)(H,32,35)/b20-15-. The Morgan fingerprint density at radius 3 is 2.28 bits per heavy atom. The fourth-order valence-corrected chi connectivity index (χ4v) is 4.29. The predicted octanol–water partition coefficient (Wildman–Crippen LogP) is 3.54. The maximum absolute atomic E-state index is 13.4. The zero-order valence-electron chi connectivity index (χ0n) is 22.9. The van der Waals surface area contributed by atoms with Gasteiger partial charge < -0.3 is 21.5 Å². The van der Waals surface area contributed by atoms with Gasteiger partial charge in [-0.3, -0.25) is 14.5 Å². The first-order valence-corrected chi connectivity index (χ1v) is 13.8. The van der Waals surface area contributed by atoms with Crippen molar-refractivity contribution in [1.82, 2.24) is 4.98 Å². The molecule has 0 atom stereocenters. The number of amides is 1. The molecule has 0 bridgehead atoms. The largest absolute Gasteiger partial charge is 0.492 e. The summed E-state index contributed by atoms with van der Waals surface area (Å²) in [5, 5.41) is 4.18. The number of hydrazine groups is 1. The summed E-state index contributed by atoms with van der Waals surface area (Å²) in [7, 11) is -2.21. The molecule has 1 amide bonds. The van der Waals surface area contributed by atoms with Crippen molar-refractivity contribution in [3.8, 4) is 5.75 Å². The van der Waals surface area contributed by atoms with Crippen LogP contribution < -0.4 is 37.1 Å². The van der Waals surface area contributed by atoms with E-state index in [1.807, 2.05) is 27.7 Å². The van der Waals surface area contributed by atoms with Crippen LogP contribution in [0.3, 0.4) is 0 Å². The van der Waals surface area contributed by atoms with Crippen LogP contribution in [0.5, 0.6) is 5.75 Å². The van der Waals surface area contributed by atoms with Crippen molar-refractivity contribution < 1.29 is 17.9 Å². The van der Waals surface area contributed by atoms with E-state index in [1.54, 1.807) is 42.5 Å². The Kier molecular flexibility index (Phi) is 8.42. The second-order valence-electron chi connectivity index (χ2n) is 10.1. The van der Waals surface area contributed by atoms with Crippen molar-refractivity contribution in [1.29, 1.82) is 0 Å². The molecule has 3 rings (SSSR count). The molecule has 0 saturated carbocycles. The van der Waals surface area contributed by atoms with Crippen molar-refractivity contribution in [3.05, 3.63) is 77.1 Å². The molecule has 0 spiro atoms. The van der Waals surface area contributed by atoms with E-state index in [-0.39, 0.29) is 16.9 Å². The Balaban J connectivity index is 1.98. The summed E-state index contributed by atoms with van der Waals surface area (Å²) in [6, 6.07) is 11.9. The van der Waals surface area contributed by atoms with Crippen LogP contribution in [0, 0.1) is 6.92 Å². The Hall–Kier alpha value is -4.29. The summed E-state index contributed by atoms with van der Waals surface area (Å²) in [5.41, 5.74) is 15.5. The van der Waals surface area contributed by atoms with Crippen LogP contribution in [0.1, 0.15) is 47.8 Å². The first-order chi connectivity index (χ1) is 18.1. The maximum Gasteiger partial charge on any atom is 0.255 e. The molecule has 0 aliphatic heterocycles. The minimum absolute atomic E-state index is 0.183. The number of ether oxygens (including phenoxy) is 1. The van der Waals surface area contributed by atoms with Crippen LogP contribution in [0.2, 0.25) is 0 Å². The van der Waals surface area contributed by atoms with E-state index in [0.29, 0.717) is 34.0 Å². The first kappa shape index (κ1) is 29.3. The van der Waals surface area contributed by atoms with Gasteiger partial charge in [-0.05, 0) is 59.9 Å². The van der Waals surface area contributed by atoms with E-state index in [4.69, 9.17) is 22.0 Å². The quantitative estimate of drug-likeness (QED) is 0.206. The van der Waals surface area contributed by atoms with Crippen molar-refractivity contribution in [2.75, 3.05) is 34.1 Å². The molecule has 1 heterocycles. The van der Waals surface area contributed by atoms with Gasteiger partial charge >= 0.3 is 0 Å². The molecule has 0 aliphatic carbocycles. The monoisotopic (exact) mass is 553 g/mol. The molecule has 0 saturated heterocycles. The lowest BCUT2D eigenvalue weighted by Crippen LogP contribution is -2.27. The van der Waals surface area contributed by atoms with Crippen LogP contribution in [-0.4, -0.2) is 32.7 Å². The molecule has 0 aliphatic rings. The SMILES string of the molecule is COc1c(NC(=O)c2ccc(C)c(N(N)/C=C(\N)c3ccc(N)nc3)c2)cc(C(C)(C)C)cc1NS(C)(=O)=O. The third kappa shape index (κ3) is 7.39. The summed E-state index contributed by atoms with van der Waals surface area (Å²) in [6.07, 6.45) is 4.11. The lowest BCUT2D eigenvalue weighted by atomic mass is 9.86. The predicted molar refractivity (Wildman–Crippen MR) is 157 cm³/mol. The minimum atomic E-state index is -3.61. The number of rotatable bonds is 8. The average molecular weight is 554 g/mol. The highest BCUT2D eigenvalue weighted by atomic mass is 32.2. The number of methoxy groups -OCH3 is 1. The summed E-state index contributed by atoms with van der Waals surface area (Å²) in [6.45, 7) is 7.79. The Labute approximate surface area is 229 Å². The number of nitrogens with one attached hydrogen (secondary N) is 2. The number of nitrogen functional groups attached to an aromatic ring is 1. The molecule has 0 radical (unpaired) electrons. The molecule has 0 fully saturated rings. The molecule has 208 valence electrons. The van der Waals surface area contributed by atoms with Gasteiger partial charge in [0.1, 0.15) is 5.82 Å². The number of nitrogens with two attached hydrogens (primary N) is 3. The molecule has 0 unspecified atom stereocenters. The molecular formula is C27H35N7O4S. The van der Waals surface area contributed by atoms with Gasteiger partial charge in [-0.1, -0.05) is 26.8 Å². The van der Waals surface area contributed by atoms with Gasteiger partial charge in [0.2, 0.25) is 10.0 Å². The molecule has 3 aromatic rings. The molecule has 11 nitrogen and oxygen atoms in total. The highest BCUT2D eigenvalue weighted by Gasteiger charge is 2.23. The van der Waals surface area contributed by atoms with Crippen LogP contribution >= 0.6 is 0 Å². The van der Waals surface area contributed by atoms with Gasteiger partial charge in [0.05, 0.1) is 36.1 Å². The molecule has 1 aromatic heterocycles. The van der Waals surface area contributed by atoms with Gasteiger partial charge in [0, 0.05) is 23.5 Å². The zero-order chi connectivity index (χ0) is 29.1. The number of aromatic nitrogens is 1. The number of hydrogen-bond acceptors (Lipinski definition) is 9. The van der Waals surface area contributed by atoms with E-state index in [9.17, 15) is 13.2 Å². The normalized spacial score (nSPS) is 12.1. The fraction of sp³-hybridized carbons (Fsp3) is 0.259. The van der Waals surface area contributed by atoms with Gasteiger partial charge in [-0.25, -0.2) is 19.2 Å². The number of aryl methyl sites for hydroxylation is 1. The number of carbonyl (C=O) groups is 1. The lowest BCUT2D eigenvalue weighted by molar-refractivity contribution is 0.102. The van der Waals surface area contributed by atoms with Gasteiger partial charge in [-0.2, -0.15) is 0 Å². The van der Waals surface area contributed by atoms with E-state index in [1.165, 1.54) is 24.5 Å². The topological polar surface area (TPSA) is 179 Å². The fourth-order valence-electron chi connectivity index (χ4n) is 3.74. The number of nitrogens with zero attached hydrogens (tertiary/aromatic N) is 2. The van der Waals surface area contributed by atoms with E-state index < -0.39 is 15.9 Å². The Morgan fingerprint density at radius 2 is 1.72 bits per heavy atom. The second kappa shape index (κ2) is 11.2. The number of sulfonamides is 1. The third-order valence-electron chi connectivity index (χ3n) is 5.85. The number of anilines is 4. The maximum atomic E-state index is 13.4. The van der Waals surface area contributed by atoms with Crippen molar-refractivity contribution in [3.63, 3.8) is 0 Å². The zero-order valence-corrected chi connectivity index (χ0v) is 23.7. The highest BCUT2D eigenvalue weighted by Crippen LogP contribution is 2.39. The van der Waals surface area contributed by atoms with Gasteiger partial charge in [0.15, 0.2) is 5.75 Å². The minimum Gasteiger partial charge on any atom is -0.492 e. The van der Waals surface area contributed by atoms with E-state index in [0.717, 1.165) is 17.4 Å². The van der Waals surface area contributed by atoms with E-state index in [2.05, 4.69) is 15.0 Å². The van der Waals surface area contributed by atoms with Crippen LogP contribution in [0.25, 0.3) is 5.70 Å². The van der Waals surface area contributed by atoms with Gasteiger partial charge in [0.25, 0.3) is 5.91 Å². The van der Waals surface area contributed by atoms with Crippen molar-refractivity contribution in [2.45, 2.75) is 33.1 Å². The highest BCUT2D eigenvalue weighted by molar-refractivity contribution is 7.92. The number of carbonyl (C=O) groups excluding carboxylic acids is 1. The first-order valence-electron chi connectivity index (χ1n) is 11.9. The molecule has 2 aromatic carbocycles. The van der Waals surface area contributed by atoms with Crippen LogP contribution in [0.15, 0.2) is 54.9 Å². The van der Waals surface area contributed by atoms with Crippen LogP contribution in [0.4, 0.5) is 22.9 Å². The van der Waals surface area contributed by atoms with Gasteiger partial charge in [-0.15, -0.1) is 0 Å². The third-order valence-corrected chi connectivity index (χ3v) is 6.44. The summed E-state index contributed by atoms with van der Waals surface area (Å²) < 4.78 is 32.0. The molecule has 39 heavy (non-hydrogen) atoms. The van der Waals surface area contributed by atoms with Crippen LogP contribution in [-0.2, 0) is 15.4 Å². The average Bonchev–Trinajstić information content (AvgIpc) is 2.82. The van der Waals surface area contributed by atoms with Crippen molar-refractivity contribution >= 4 is 44.5 Å². The summed E-state index contributed by atoms with van der Waals surface area (Å²) in [5.74, 6) is 6.40. The number of hydrogen-bond donors (Lipinski definition) is 5. The smallest absolute Gasteiger partial charge is 0.255 e. The second-order valence-corrected chi connectivity index (χ2v) is 11.9. The Bertz CT molecular complexity index is 1510. The summed E-state index contributed by atoms with van der Waals surface area (Å²) >= 11 is 0. The molecule has 12 heteroatoms. The molecule has 8 N–H and O–H groups in total. The Morgan fingerprint density at radius 1 is 1.08 bits per heavy atom. The lowest BCUT2D eigenvalue weighted by Gasteiger charge is -2.24. The number of benzene rings is 2. The number of pyridine rings is 1. The van der Waals surface area contributed by atoms with Crippen molar-refractivity contribution in [2.24, 2.45) is 11.6 Å².